The highest BCUT2D eigenvalue weighted by Gasteiger charge is 2.16. The molecule has 4 rings (SSSR count). The largest absolute Gasteiger partial charge is 0.495 e. The zero-order valence-corrected chi connectivity index (χ0v) is 15.0. The van der Waals surface area contributed by atoms with E-state index in [1.807, 2.05) is 30.3 Å². The Morgan fingerprint density at radius 3 is 2.78 bits per heavy atom. The van der Waals surface area contributed by atoms with Gasteiger partial charge in [0.15, 0.2) is 5.58 Å². The van der Waals surface area contributed by atoms with Gasteiger partial charge in [-0.3, -0.25) is 4.79 Å². The Kier molecular flexibility index (Phi) is 4.48. The first-order valence-corrected chi connectivity index (χ1v) is 8.49. The van der Waals surface area contributed by atoms with Crippen LogP contribution < -0.4 is 10.1 Å². The molecule has 0 aliphatic rings. The van der Waals surface area contributed by atoms with Crippen LogP contribution in [0.4, 0.5) is 5.69 Å². The van der Waals surface area contributed by atoms with Crippen molar-refractivity contribution in [1.29, 1.82) is 0 Å². The number of fused-ring (bicyclic) bond motifs is 1. The number of halogens is 1. The summed E-state index contributed by atoms with van der Waals surface area (Å²) in [6.45, 7) is 0. The average Bonchev–Trinajstić information content (AvgIpc) is 3.12. The zero-order valence-electron chi connectivity index (χ0n) is 14.3. The van der Waals surface area contributed by atoms with Crippen LogP contribution in [0.2, 0.25) is 5.15 Å². The molecule has 2 heterocycles. The van der Waals surface area contributed by atoms with Gasteiger partial charge in [0.1, 0.15) is 16.4 Å². The lowest BCUT2D eigenvalue weighted by Gasteiger charge is -2.11. The molecule has 0 unspecified atom stereocenters. The summed E-state index contributed by atoms with van der Waals surface area (Å²) in [7, 11) is 1.53. The Morgan fingerprint density at radius 1 is 1.15 bits per heavy atom. The van der Waals surface area contributed by atoms with Crippen LogP contribution in [0.25, 0.3) is 22.6 Å². The molecule has 0 saturated heterocycles. The number of para-hydroxylation sites is 2. The Balaban J connectivity index is 1.70. The molecule has 0 atom stereocenters. The number of hydrogen-bond donors (Lipinski definition) is 1. The maximum atomic E-state index is 12.6. The minimum atomic E-state index is -0.388. The lowest BCUT2D eigenvalue weighted by Crippen LogP contribution is -2.13. The number of amides is 1. The number of rotatable bonds is 4. The lowest BCUT2D eigenvalue weighted by atomic mass is 10.1. The second-order valence-electron chi connectivity index (χ2n) is 5.70. The van der Waals surface area contributed by atoms with E-state index in [0.29, 0.717) is 28.5 Å². The molecule has 27 heavy (non-hydrogen) atoms. The summed E-state index contributed by atoms with van der Waals surface area (Å²) in [4.78, 5) is 21.0. The second-order valence-corrected chi connectivity index (χ2v) is 6.06. The minimum Gasteiger partial charge on any atom is -0.495 e. The predicted molar refractivity (Wildman–Crippen MR) is 103 cm³/mol. The molecule has 0 aliphatic carbocycles. The fraction of sp³-hybridized carbons (Fsp3) is 0.0500. The first-order valence-electron chi connectivity index (χ1n) is 8.11. The van der Waals surface area contributed by atoms with Gasteiger partial charge in [0.25, 0.3) is 5.91 Å². The molecular weight excluding hydrogens is 366 g/mol. The Hall–Kier alpha value is -3.38. The van der Waals surface area contributed by atoms with Crippen LogP contribution in [0.15, 0.2) is 65.2 Å². The molecule has 0 aliphatic heterocycles. The molecule has 0 spiro atoms. The Morgan fingerprint density at radius 2 is 2.00 bits per heavy atom. The summed E-state index contributed by atoms with van der Waals surface area (Å²) in [5.41, 5.74) is 2.90. The molecule has 1 N–H and O–H groups in total. The monoisotopic (exact) mass is 379 g/mol. The Labute approximate surface area is 159 Å². The fourth-order valence-corrected chi connectivity index (χ4v) is 2.88. The van der Waals surface area contributed by atoms with Crippen LogP contribution in [0, 0.1) is 0 Å². The summed E-state index contributed by atoms with van der Waals surface area (Å²) >= 11 is 6.00. The van der Waals surface area contributed by atoms with Crippen LogP contribution in [0.3, 0.4) is 0 Å². The van der Waals surface area contributed by atoms with Crippen LogP contribution in [0.1, 0.15) is 10.4 Å². The van der Waals surface area contributed by atoms with E-state index >= 15 is 0 Å². The SMILES string of the molecule is COc1ccc(-c2nc3ccccc3o2)cc1NC(=O)c1cccnc1Cl. The van der Waals surface area contributed by atoms with Crippen LogP contribution in [-0.4, -0.2) is 23.0 Å². The molecule has 0 bridgehead atoms. The first kappa shape index (κ1) is 17.1. The summed E-state index contributed by atoms with van der Waals surface area (Å²) < 4.78 is 11.1. The number of ether oxygens (including phenoxy) is 1. The number of nitrogens with one attached hydrogen (secondary N) is 1. The number of oxazole rings is 1. The van der Waals surface area contributed by atoms with Crippen molar-refractivity contribution in [2.75, 3.05) is 12.4 Å². The summed E-state index contributed by atoms with van der Waals surface area (Å²) in [5.74, 6) is 0.568. The van der Waals surface area contributed by atoms with Crippen molar-refractivity contribution in [3.63, 3.8) is 0 Å². The highest BCUT2D eigenvalue weighted by atomic mass is 35.5. The quantitative estimate of drug-likeness (QED) is 0.515. The van der Waals surface area contributed by atoms with Crippen molar-refractivity contribution in [2.24, 2.45) is 0 Å². The van der Waals surface area contributed by atoms with E-state index in [2.05, 4.69) is 15.3 Å². The first-order chi connectivity index (χ1) is 13.2. The van der Waals surface area contributed by atoms with Crippen molar-refractivity contribution in [3.8, 4) is 17.2 Å². The van der Waals surface area contributed by atoms with E-state index in [1.165, 1.54) is 13.3 Å². The van der Waals surface area contributed by atoms with Crippen molar-refractivity contribution in [3.05, 3.63) is 71.5 Å². The number of carbonyl (C=O) groups is 1. The molecule has 4 aromatic rings. The molecule has 0 radical (unpaired) electrons. The second kappa shape index (κ2) is 7.09. The molecular formula is C20H14ClN3O3. The normalized spacial score (nSPS) is 10.7. The molecule has 6 nitrogen and oxygen atoms in total. The number of aromatic nitrogens is 2. The highest BCUT2D eigenvalue weighted by molar-refractivity contribution is 6.33. The van der Waals surface area contributed by atoms with Gasteiger partial charge in [0.05, 0.1) is 18.4 Å². The number of carbonyl (C=O) groups excluding carboxylic acids is 1. The molecule has 2 aromatic heterocycles. The Bertz CT molecular complexity index is 1110. The molecule has 0 saturated carbocycles. The third-order valence-electron chi connectivity index (χ3n) is 3.99. The van der Waals surface area contributed by atoms with Crippen LogP contribution >= 0.6 is 11.6 Å². The number of nitrogens with zero attached hydrogens (tertiary/aromatic N) is 2. The van der Waals surface area contributed by atoms with E-state index in [1.54, 1.807) is 24.3 Å². The number of hydrogen-bond acceptors (Lipinski definition) is 5. The number of anilines is 1. The van der Waals surface area contributed by atoms with Gasteiger partial charge in [0, 0.05) is 11.8 Å². The smallest absolute Gasteiger partial charge is 0.258 e. The highest BCUT2D eigenvalue weighted by Crippen LogP contribution is 2.32. The lowest BCUT2D eigenvalue weighted by molar-refractivity contribution is 0.102. The topological polar surface area (TPSA) is 77.3 Å². The number of methoxy groups -OCH3 is 1. The van der Waals surface area contributed by atoms with E-state index in [-0.39, 0.29) is 16.6 Å². The molecule has 1 amide bonds. The van der Waals surface area contributed by atoms with Crippen molar-refractivity contribution in [1.82, 2.24) is 9.97 Å². The van der Waals surface area contributed by atoms with Crippen molar-refractivity contribution < 1.29 is 13.9 Å². The molecule has 134 valence electrons. The van der Waals surface area contributed by atoms with Gasteiger partial charge in [-0.2, -0.15) is 0 Å². The van der Waals surface area contributed by atoms with E-state index in [9.17, 15) is 4.79 Å². The summed E-state index contributed by atoms with van der Waals surface area (Å²) in [5, 5.41) is 2.93. The fourth-order valence-electron chi connectivity index (χ4n) is 2.68. The van der Waals surface area contributed by atoms with Crippen molar-refractivity contribution >= 4 is 34.3 Å². The van der Waals surface area contributed by atoms with E-state index in [0.717, 1.165) is 5.52 Å². The van der Waals surface area contributed by atoms with Crippen molar-refractivity contribution in [2.45, 2.75) is 0 Å². The maximum Gasteiger partial charge on any atom is 0.258 e. The number of benzene rings is 2. The minimum absolute atomic E-state index is 0.129. The van der Waals surface area contributed by atoms with Gasteiger partial charge in [-0.1, -0.05) is 23.7 Å². The van der Waals surface area contributed by atoms with E-state index < -0.39 is 0 Å². The third kappa shape index (κ3) is 3.35. The summed E-state index contributed by atoms with van der Waals surface area (Å²) in [6.07, 6.45) is 1.52. The zero-order chi connectivity index (χ0) is 18.8. The predicted octanol–water partition coefficient (Wildman–Crippen LogP) is 4.80. The van der Waals surface area contributed by atoms with Gasteiger partial charge in [0.2, 0.25) is 5.89 Å². The van der Waals surface area contributed by atoms with Gasteiger partial charge in [-0.25, -0.2) is 9.97 Å². The van der Waals surface area contributed by atoms with Gasteiger partial charge in [-0.05, 0) is 42.5 Å². The third-order valence-corrected chi connectivity index (χ3v) is 4.29. The van der Waals surface area contributed by atoms with Gasteiger partial charge in [-0.15, -0.1) is 0 Å². The van der Waals surface area contributed by atoms with Gasteiger partial charge >= 0.3 is 0 Å². The van der Waals surface area contributed by atoms with Crippen LogP contribution in [0.5, 0.6) is 5.75 Å². The number of pyridine rings is 1. The molecule has 0 fully saturated rings. The molecule has 7 heteroatoms. The standard InChI is InChI=1S/C20H14ClN3O3/c1-26-16-9-8-12(20-24-14-6-2-3-7-17(14)27-20)11-15(16)23-19(25)13-5-4-10-22-18(13)21/h2-11H,1H3,(H,23,25). The summed E-state index contributed by atoms with van der Waals surface area (Å²) in [6, 6.07) is 16.0. The van der Waals surface area contributed by atoms with Crippen LogP contribution in [-0.2, 0) is 0 Å². The van der Waals surface area contributed by atoms with E-state index in [4.69, 9.17) is 20.8 Å². The van der Waals surface area contributed by atoms with Gasteiger partial charge < -0.3 is 14.5 Å². The maximum absolute atomic E-state index is 12.6. The average molecular weight is 380 g/mol. The molecule has 2 aromatic carbocycles.